The average Bonchev–Trinajstić information content (AvgIpc) is 2.03. The Labute approximate surface area is 87.4 Å². The number of hydrogen-bond donors (Lipinski definition) is 0. The van der Waals surface area contributed by atoms with E-state index in [9.17, 15) is 0 Å². The van der Waals surface area contributed by atoms with Crippen LogP contribution in [0, 0.1) is 0 Å². The smallest absolute Gasteiger partial charge is 0.0784 e. The molecule has 0 radical (unpaired) electrons. The maximum Gasteiger partial charge on any atom is 0.216 e. The van der Waals surface area contributed by atoms with Crippen LogP contribution in [0.3, 0.4) is 0 Å². The highest BCUT2D eigenvalue weighted by Gasteiger charge is 2.24. The zero-order valence-electron chi connectivity index (χ0n) is 6.65. The molecule has 0 fully saturated rings. The molecule has 0 saturated heterocycles. The van der Waals surface area contributed by atoms with Gasteiger partial charge in [-0.15, -0.1) is 0 Å². The minimum Gasteiger partial charge on any atom is -0.0784 e. The van der Waals surface area contributed by atoms with Gasteiger partial charge in [-0.25, -0.2) is 0 Å². The van der Waals surface area contributed by atoms with Gasteiger partial charge in [-0.05, 0) is 12.0 Å². The van der Waals surface area contributed by atoms with Crippen molar-refractivity contribution in [2.45, 2.75) is 17.1 Å². The predicted octanol–water partition coefficient (Wildman–Crippen LogP) is 4.08. The minimum atomic E-state index is -1.30. The lowest BCUT2D eigenvalue weighted by Gasteiger charge is -2.14. The Morgan fingerprint density at radius 2 is 1.75 bits per heavy atom. The van der Waals surface area contributed by atoms with Gasteiger partial charge in [0.05, 0.1) is 0 Å². The third-order valence-corrected chi connectivity index (χ3v) is 2.31. The summed E-state index contributed by atoms with van der Waals surface area (Å²) < 4.78 is -1.30. The molecule has 0 N–H and O–H groups in total. The fourth-order valence-electron chi connectivity index (χ4n) is 1.11. The molecule has 0 aromatic heterocycles. The largest absolute Gasteiger partial charge is 0.216 e. The van der Waals surface area contributed by atoms with Crippen LogP contribution < -0.4 is 0 Å². The van der Waals surface area contributed by atoms with Crippen molar-refractivity contribution in [2.75, 3.05) is 0 Å². The first-order valence-corrected chi connectivity index (χ1v) is 4.84. The van der Waals surface area contributed by atoms with Crippen molar-refractivity contribution in [3.05, 3.63) is 35.4 Å². The Balaban J connectivity index is 3.14. The second kappa shape index (κ2) is 3.87. The van der Waals surface area contributed by atoms with Crippen molar-refractivity contribution in [1.82, 2.24) is 0 Å². The molecule has 12 heavy (non-hydrogen) atoms. The van der Waals surface area contributed by atoms with Crippen molar-refractivity contribution < 1.29 is 0 Å². The second-order valence-corrected chi connectivity index (χ2v) is 4.79. The van der Waals surface area contributed by atoms with Crippen molar-refractivity contribution in [3.8, 4) is 0 Å². The summed E-state index contributed by atoms with van der Waals surface area (Å²) in [7, 11) is 0. The van der Waals surface area contributed by atoms with E-state index in [1.54, 1.807) is 0 Å². The summed E-state index contributed by atoms with van der Waals surface area (Å²) in [5.74, 6) is 0. The number of alkyl halides is 3. The molecule has 3 heteroatoms. The fraction of sp³-hybridized carbons (Fsp3) is 0.333. The van der Waals surface area contributed by atoms with Crippen molar-refractivity contribution in [3.63, 3.8) is 0 Å². The van der Waals surface area contributed by atoms with E-state index in [4.69, 9.17) is 34.8 Å². The standard InChI is InChI=1S/C9H9Cl3/c1-2-7-5-3-4-6-8(7)9(10,11)12/h3-6H,2H2,1H3. The summed E-state index contributed by atoms with van der Waals surface area (Å²) in [6.07, 6.45) is 0.879. The van der Waals surface area contributed by atoms with Gasteiger partial charge in [-0.1, -0.05) is 66.0 Å². The van der Waals surface area contributed by atoms with Gasteiger partial charge in [0.15, 0.2) is 0 Å². The van der Waals surface area contributed by atoms with Gasteiger partial charge in [-0.2, -0.15) is 0 Å². The zero-order valence-corrected chi connectivity index (χ0v) is 8.92. The third-order valence-electron chi connectivity index (χ3n) is 1.70. The first-order valence-electron chi connectivity index (χ1n) is 3.70. The molecule has 0 atom stereocenters. The summed E-state index contributed by atoms with van der Waals surface area (Å²) >= 11 is 17.3. The lowest BCUT2D eigenvalue weighted by atomic mass is 10.1. The van der Waals surface area contributed by atoms with Crippen LogP contribution in [0.2, 0.25) is 0 Å². The summed E-state index contributed by atoms with van der Waals surface area (Å²) in [5.41, 5.74) is 1.86. The molecule has 0 bridgehead atoms. The van der Waals surface area contributed by atoms with Gasteiger partial charge >= 0.3 is 0 Å². The van der Waals surface area contributed by atoms with E-state index in [-0.39, 0.29) is 0 Å². The predicted molar refractivity (Wildman–Crippen MR) is 55.1 cm³/mol. The van der Waals surface area contributed by atoms with E-state index < -0.39 is 3.79 Å². The minimum absolute atomic E-state index is 0.775. The average molecular weight is 224 g/mol. The molecule has 0 nitrogen and oxygen atoms in total. The van der Waals surface area contributed by atoms with Crippen LogP contribution in [0.5, 0.6) is 0 Å². The second-order valence-electron chi connectivity index (χ2n) is 2.51. The van der Waals surface area contributed by atoms with E-state index in [1.807, 2.05) is 31.2 Å². The third kappa shape index (κ3) is 2.29. The van der Waals surface area contributed by atoms with Gasteiger partial charge in [0.25, 0.3) is 0 Å². The molecular formula is C9H9Cl3. The number of rotatable bonds is 1. The SMILES string of the molecule is CCc1ccccc1C(Cl)(Cl)Cl. The molecule has 0 heterocycles. The monoisotopic (exact) mass is 222 g/mol. The Morgan fingerprint density at radius 3 is 2.17 bits per heavy atom. The molecule has 0 unspecified atom stereocenters. The van der Waals surface area contributed by atoms with Crippen LogP contribution >= 0.6 is 34.8 Å². The Morgan fingerprint density at radius 1 is 1.17 bits per heavy atom. The maximum absolute atomic E-state index is 5.77. The molecule has 1 aromatic rings. The number of halogens is 3. The van der Waals surface area contributed by atoms with Crippen LogP contribution in [-0.4, -0.2) is 0 Å². The molecule has 66 valence electrons. The van der Waals surface area contributed by atoms with E-state index >= 15 is 0 Å². The Bertz CT molecular complexity index is 263. The van der Waals surface area contributed by atoms with Gasteiger partial charge < -0.3 is 0 Å². The molecule has 0 saturated carbocycles. The van der Waals surface area contributed by atoms with Crippen LogP contribution in [0.1, 0.15) is 18.1 Å². The summed E-state index contributed by atoms with van der Waals surface area (Å²) in [6, 6.07) is 7.62. The molecule has 0 aliphatic rings. The highest BCUT2D eigenvalue weighted by atomic mass is 35.6. The summed E-state index contributed by atoms with van der Waals surface area (Å²) in [5, 5.41) is 0. The van der Waals surface area contributed by atoms with Gasteiger partial charge in [0.1, 0.15) is 0 Å². The van der Waals surface area contributed by atoms with Crippen LogP contribution in [0.4, 0.5) is 0 Å². The maximum atomic E-state index is 5.77. The highest BCUT2D eigenvalue weighted by molar-refractivity contribution is 6.66. The zero-order chi connectivity index (χ0) is 9.19. The van der Waals surface area contributed by atoms with E-state index in [0.717, 1.165) is 17.5 Å². The lowest BCUT2D eigenvalue weighted by molar-refractivity contribution is 1.07. The van der Waals surface area contributed by atoms with E-state index in [1.165, 1.54) is 0 Å². The topological polar surface area (TPSA) is 0 Å². The number of aryl methyl sites for hydroxylation is 1. The molecule has 0 spiro atoms. The number of benzene rings is 1. The first kappa shape index (κ1) is 10.2. The molecule has 1 aromatic carbocycles. The normalized spacial score (nSPS) is 11.7. The van der Waals surface area contributed by atoms with Crippen molar-refractivity contribution >= 4 is 34.8 Å². The van der Waals surface area contributed by atoms with Gasteiger partial charge in [-0.3, -0.25) is 0 Å². The summed E-state index contributed by atoms with van der Waals surface area (Å²) in [4.78, 5) is 0. The van der Waals surface area contributed by atoms with Crippen molar-refractivity contribution in [2.24, 2.45) is 0 Å². The van der Waals surface area contributed by atoms with Gasteiger partial charge in [0, 0.05) is 5.56 Å². The summed E-state index contributed by atoms with van der Waals surface area (Å²) in [6.45, 7) is 2.04. The fourth-order valence-corrected chi connectivity index (χ4v) is 1.66. The molecule has 1 rings (SSSR count). The van der Waals surface area contributed by atoms with Crippen LogP contribution in [0.25, 0.3) is 0 Å². The lowest BCUT2D eigenvalue weighted by Crippen LogP contribution is -2.03. The number of hydrogen-bond acceptors (Lipinski definition) is 0. The molecule has 0 aliphatic heterocycles. The van der Waals surface area contributed by atoms with E-state index in [2.05, 4.69) is 0 Å². The molecule has 0 amide bonds. The molecular weight excluding hydrogens is 214 g/mol. The van der Waals surface area contributed by atoms with Crippen LogP contribution in [-0.2, 0) is 10.2 Å². The van der Waals surface area contributed by atoms with Crippen molar-refractivity contribution in [1.29, 1.82) is 0 Å². The first-order chi connectivity index (χ1) is 5.55. The Hall–Kier alpha value is 0.0900. The highest BCUT2D eigenvalue weighted by Crippen LogP contribution is 2.39. The Kier molecular flexibility index (Phi) is 3.28. The molecule has 0 aliphatic carbocycles. The van der Waals surface area contributed by atoms with Crippen LogP contribution in [0.15, 0.2) is 24.3 Å². The quantitative estimate of drug-likeness (QED) is 0.630. The van der Waals surface area contributed by atoms with Gasteiger partial charge in [0.2, 0.25) is 3.79 Å². The van der Waals surface area contributed by atoms with E-state index in [0.29, 0.717) is 0 Å².